The molecule has 1 N–H and O–H groups in total. The normalized spacial score (nSPS) is 16.8. The third-order valence-corrected chi connectivity index (χ3v) is 7.52. The molecule has 0 spiro atoms. The number of hydrogen-bond donors (Lipinski definition) is 1. The summed E-state index contributed by atoms with van der Waals surface area (Å²) < 4.78 is 6.42. The highest BCUT2D eigenvalue weighted by Crippen LogP contribution is 2.43. The molecule has 2 aliphatic rings. The highest BCUT2D eigenvalue weighted by atomic mass is 35.5. The third kappa shape index (κ3) is 4.07. The first-order valence-corrected chi connectivity index (χ1v) is 12.0. The molecular formula is C22H20ClN3O2S2. The predicted molar refractivity (Wildman–Crippen MR) is 121 cm³/mol. The van der Waals surface area contributed by atoms with E-state index in [4.69, 9.17) is 21.0 Å². The zero-order valence-electron chi connectivity index (χ0n) is 16.2. The minimum Gasteiger partial charge on any atom is -0.457 e. The van der Waals surface area contributed by atoms with E-state index in [1.54, 1.807) is 6.26 Å². The van der Waals surface area contributed by atoms with Gasteiger partial charge < -0.3 is 4.42 Å². The summed E-state index contributed by atoms with van der Waals surface area (Å²) in [6.07, 6.45) is 6.35. The SMILES string of the molecule is O=C(NN1CCCCCC1)c1ccc2c(c1)N=C(c1ccc(Cl)s1)c1ccoc1S2. The summed E-state index contributed by atoms with van der Waals surface area (Å²) in [4.78, 5) is 19.7. The lowest BCUT2D eigenvalue weighted by atomic mass is 10.1. The van der Waals surface area contributed by atoms with Crippen LogP contribution in [-0.2, 0) is 0 Å². The minimum atomic E-state index is -0.0958. The van der Waals surface area contributed by atoms with Crippen molar-refractivity contribution < 1.29 is 9.21 Å². The maximum atomic E-state index is 12.9. The number of hydrazine groups is 1. The number of thiophene rings is 1. The zero-order chi connectivity index (χ0) is 20.5. The molecule has 0 radical (unpaired) electrons. The molecule has 30 heavy (non-hydrogen) atoms. The van der Waals surface area contributed by atoms with Gasteiger partial charge in [0.1, 0.15) is 0 Å². The second kappa shape index (κ2) is 8.59. The van der Waals surface area contributed by atoms with E-state index in [9.17, 15) is 4.79 Å². The largest absolute Gasteiger partial charge is 0.457 e. The second-order valence-electron chi connectivity index (χ2n) is 7.31. The monoisotopic (exact) mass is 457 g/mol. The summed E-state index contributed by atoms with van der Waals surface area (Å²) in [6, 6.07) is 11.4. The number of carbonyl (C=O) groups excluding carboxylic acids is 1. The quantitative estimate of drug-likeness (QED) is 0.401. The third-order valence-electron chi connectivity index (χ3n) is 5.21. The fourth-order valence-electron chi connectivity index (χ4n) is 3.68. The van der Waals surface area contributed by atoms with Crippen LogP contribution >= 0.6 is 34.7 Å². The Morgan fingerprint density at radius 2 is 1.93 bits per heavy atom. The number of nitrogens with zero attached hydrogens (tertiary/aromatic N) is 2. The Hall–Kier alpha value is -2.06. The Bertz CT molecular complexity index is 1110. The molecule has 0 aliphatic carbocycles. The summed E-state index contributed by atoms with van der Waals surface area (Å²) >= 11 is 9.17. The maximum Gasteiger partial charge on any atom is 0.265 e. The fourth-order valence-corrected chi connectivity index (χ4v) is 5.65. The molecular weight excluding hydrogens is 438 g/mol. The van der Waals surface area contributed by atoms with Crippen LogP contribution < -0.4 is 5.43 Å². The van der Waals surface area contributed by atoms with Crippen LogP contribution in [0.15, 0.2) is 62.1 Å². The van der Waals surface area contributed by atoms with Gasteiger partial charge in [-0.1, -0.05) is 24.4 Å². The molecule has 0 saturated carbocycles. The van der Waals surface area contributed by atoms with Gasteiger partial charge in [-0.15, -0.1) is 11.3 Å². The van der Waals surface area contributed by atoms with Gasteiger partial charge in [0.05, 0.1) is 32.4 Å². The Morgan fingerprint density at radius 3 is 2.70 bits per heavy atom. The van der Waals surface area contributed by atoms with E-state index in [1.807, 2.05) is 41.4 Å². The maximum absolute atomic E-state index is 12.9. The molecule has 1 fully saturated rings. The van der Waals surface area contributed by atoms with Gasteiger partial charge in [-0.25, -0.2) is 10.0 Å². The van der Waals surface area contributed by atoms with E-state index >= 15 is 0 Å². The van der Waals surface area contributed by atoms with Gasteiger partial charge in [-0.2, -0.15) is 0 Å². The van der Waals surface area contributed by atoms with Gasteiger partial charge in [0, 0.05) is 23.5 Å². The molecule has 0 atom stereocenters. The molecule has 3 aromatic rings. The number of hydrogen-bond acceptors (Lipinski definition) is 6. The fraction of sp³-hybridized carbons (Fsp3) is 0.273. The van der Waals surface area contributed by atoms with Crippen LogP contribution in [0.4, 0.5) is 5.69 Å². The van der Waals surface area contributed by atoms with Crippen molar-refractivity contribution >= 4 is 52.0 Å². The Morgan fingerprint density at radius 1 is 1.10 bits per heavy atom. The topological polar surface area (TPSA) is 57.8 Å². The van der Waals surface area contributed by atoms with Gasteiger partial charge >= 0.3 is 0 Å². The van der Waals surface area contributed by atoms with Gasteiger partial charge in [0.25, 0.3) is 5.91 Å². The van der Waals surface area contributed by atoms with Crippen molar-refractivity contribution in [3.05, 3.63) is 63.0 Å². The van der Waals surface area contributed by atoms with Gasteiger partial charge in [-0.05, 0) is 61.0 Å². The van der Waals surface area contributed by atoms with E-state index < -0.39 is 0 Å². The van der Waals surface area contributed by atoms with Crippen LogP contribution in [-0.4, -0.2) is 29.7 Å². The number of rotatable bonds is 3. The van der Waals surface area contributed by atoms with Crippen molar-refractivity contribution in [2.75, 3.05) is 13.1 Å². The van der Waals surface area contributed by atoms with Gasteiger partial charge in [0.15, 0.2) is 5.09 Å². The highest BCUT2D eigenvalue weighted by molar-refractivity contribution is 7.99. The average Bonchev–Trinajstić information content (AvgIpc) is 3.25. The average molecular weight is 458 g/mol. The Kier molecular flexibility index (Phi) is 5.69. The standard InChI is InChI=1S/C22H20ClN3O2S2/c23-19-8-7-18(29-19)20-15-9-12-28-22(15)30-17-6-5-14(13-16(17)24-20)21(27)25-26-10-3-1-2-4-11-26/h5-9,12-13H,1-4,10-11H2,(H,25,27). The van der Waals surface area contributed by atoms with Crippen LogP contribution in [0, 0.1) is 0 Å². The lowest BCUT2D eigenvalue weighted by molar-refractivity contribution is 0.0794. The van der Waals surface area contributed by atoms with Crippen LogP contribution in [0.5, 0.6) is 0 Å². The first-order valence-electron chi connectivity index (χ1n) is 9.97. The van der Waals surface area contributed by atoms with Crippen LogP contribution in [0.25, 0.3) is 0 Å². The van der Waals surface area contributed by atoms with Crippen LogP contribution in [0.3, 0.4) is 0 Å². The molecule has 5 nitrogen and oxygen atoms in total. The number of halogens is 1. The number of furan rings is 1. The Balaban J connectivity index is 1.48. The highest BCUT2D eigenvalue weighted by Gasteiger charge is 2.23. The summed E-state index contributed by atoms with van der Waals surface area (Å²) in [5.41, 5.74) is 6.17. The number of fused-ring (bicyclic) bond motifs is 2. The number of nitrogens with one attached hydrogen (secondary N) is 1. The lowest BCUT2D eigenvalue weighted by Crippen LogP contribution is -2.42. The summed E-state index contributed by atoms with van der Waals surface area (Å²) in [7, 11) is 0. The van der Waals surface area contributed by atoms with E-state index in [0.717, 1.165) is 57.8 Å². The molecule has 2 aliphatic heterocycles. The first-order chi connectivity index (χ1) is 14.7. The Labute approximate surface area is 188 Å². The van der Waals surface area contributed by atoms with Crippen molar-refractivity contribution in [1.29, 1.82) is 0 Å². The molecule has 0 bridgehead atoms. The zero-order valence-corrected chi connectivity index (χ0v) is 18.6. The molecule has 4 heterocycles. The molecule has 2 aromatic heterocycles. The second-order valence-corrected chi connectivity index (χ2v) is 10.0. The van der Waals surface area contributed by atoms with E-state index in [0.29, 0.717) is 9.90 Å². The summed E-state index contributed by atoms with van der Waals surface area (Å²) in [5, 5.41) is 2.83. The van der Waals surface area contributed by atoms with Gasteiger partial charge in [0.2, 0.25) is 0 Å². The number of aliphatic imine (C=N–C) groups is 1. The smallest absolute Gasteiger partial charge is 0.265 e. The van der Waals surface area contributed by atoms with Crippen molar-refractivity contribution in [2.24, 2.45) is 4.99 Å². The lowest BCUT2D eigenvalue weighted by Gasteiger charge is -2.21. The number of benzene rings is 1. The predicted octanol–water partition coefficient (Wildman–Crippen LogP) is 6.15. The molecule has 0 unspecified atom stereocenters. The molecule has 1 aromatic carbocycles. The summed E-state index contributed by atoms with van der Waals surface area (Å²) in [5.74, 6) is -0.0958. The van der Waals surface area contributed by atoms with Crippen LogP contribution in [0.2, 0.25) is 4.34 Å². The number of amides is 1. The van der Waals surface area contributed by atoms with E-state index in [1.165, 1.54) is 35.9 Å². The van der Waals surface area contributed by atoms with E-state index in [-0.39, 0.29) is 5.91 Å². The first kappa shape index (κ1) is 19.9. The molecule has 8 heteroatoms. The molecule has 154 valence electrons. The van der Waals surface area contributed by atoms with Crippen molar-refractivity contribution in [3.8, 4) is 0 Å². The number of carbonyl (C=O) groups is 1. The molecule has 5 rings (SSSR count). The minimum absolute atomic E-state index is 0.0958. The van der Waals surface area contributed by atoms with Crippen LogP contribution in [0.1, 0.15) is 46.5 Å². The van der Waals surface area contributed by atoms with Crippen molar-refractivity contribution in [2.45, 2.75) is 35.7 Å². The molecule has 1 saturated heterocycles. The van der Waals surface area contributed by atoms with Crippen molar-refractivity contribution in [1.82, 2.24) is 10.4 Å². The van der Waals surface area contributed by atoms with Gasteiger partial charge in [-0.3, -0.25) is 10.2 Å². The summed E-state index contributed by atoms with van der Waals surface area (Å²) in [6.45, 7) is 1.79. The van der Waals surface area contributed by atoms with Crippen molar-refractivity contribution in [3.63, 3.8) is 0 Å². The van der Waals surface area contributed by atoms with E-state index in [2.05, 4.69) is 5.43 Å². The molecule has 1 amide bonds.